The summed E-state index contributed by atoms with van der Waals surface area (Å²) in [5.41, 5.74) is 0.989. The van der Waals surface area contributed by atoms with Crippen molar-refractivity contribution in [2.75, 3.05) is 11.9 Å². The number of nitrogens with one attached hydrogen (secondary N) is 2. The number of nitrogens with zero attached hydrogens (tertiary/aromatic N) is 2. The summed E-state index contributed by atoms with van der Waals surface area (Å²) < 4.78 is 19.4. The first-order valence-electron chi connectivity index (χ1n) is 9.19. The van der Waals surface area contributed by atoms with E-state index >= 15 is 0 Å². The van der Waals surface area contributed by atoms with Gasteiger partial charge in [0.05, 0.1) is 23.7 Å². The number of rotatable bonds is 6. The van der Waals surface area contributed by atoms with Gasteiger partial charge in [-0.15, -0.1) is 0 Å². The molecule has 8 heteroatoms. The molecule has 0 unspecified atom stereocenters. The first-order chi connectivity index (χ1) is 14.1. The van der Waals surface area contributed by atoms with Crippen molar-refractivity contribution >= 4 is 28.9 Å². The van der Waals surface area contributed by atoms with Gasteiger partial charge in [-0.1, -0.05) is 18.2 Å². The number of pyridine rings is 1. The summed E-state index contributed by atoms with van der Waals surface area (Å²) in [6, 6.07) is 15.0. The molecule has 1 aromatic carbocycles. The van der Waals surface area contributed by atoms with Crippen molar-refractivity contribution in [3.8, 4) is 0 Å². The van der Waals surface area contributed by atoms with Gasteiger partial charge in [-0.05, 0) is 48.6 Å². The van der Waals surface area contributed by atoms with Gasteiger partial charge < -0.3 is 20.0 Å². The second-order valence-corrected chi connectivity index (χ2v) is 7.00. The zero-order chi connectivity index (χ0) is 20.2. The monoisotopic (exact) mass is 410 g/mol. The van der Waals surface area contributed by atoms with Crippen LogP contribution >= 0.6 is 12.2 Å². The van der Waals surface area contributed by atoms with Crippen LogP contribution < -0.4 is 10.6 Å². The van der Waals surface area contributed by atoms with Crippen molar-refractivity contribution in [1.82, 2.24) is 15.2 Å². The maximum atomic E-state index is 13.8. The van der Waals surface area contributed by atoms with E-state index in [4.69, 9.17) is 16.6 Å². The number of furan rings is 1. The lowest BCUT2D eigenvalue weighted by molar-refractivity contribution is -0.116. The van der Waals surface area contributed by atoms with Crippen LogP contribution in [0.5, 0.6) is 0 Å². The minimum Gasteiger partial charge on any atom is -0.467 e. The van der Waals surface area contributed by atoms with Crippen LogP contribution in [0.2, 0.25) is 0 Å². The van der Waals surface area contributed by atoms with Crippen LogP contribution in [0.3, 0.4) is 0 Å². The van der Waals surface area contributed by atoms with Crippen molar-refractivity contribution in [2.45, 2.75) is 18.5 Å². The maximum absolute atomic E-state index is 13.8. The Morgan fingerprint density at radius 2 is 2.03 bits per heavy atom. The van der Waals surface area contributed by atoms with Gasteiger partial charge in [0.2, 0.25) is 5.91 Å². The van der Waals surface area contributed by atoms with E-state index in [1.54, 1.807) is 24.6 Å². The van der Waals surface area contributed by atoms with E-state index in [2.05, 4.69) is 15.6 Å². The predicted octanol–water partition coefficient (Wildman–Crippen LogP) is 3.82. The highest BCUT2D eigenvalue weighted by molar-refractivity contribution is 7.80. The summed E-state index contributed by atoms with van der Waals surface area (Å²) >= 11 is 5.52. The topological polar surface area (TPSA) is 70.4 Å². The number of hydrogen-bond acceptors (Lipinski definition) is 4. The zero-order valence-corrected chi connectivity index (χ0v) is 16.2. The smallest absolute Gasteiger partial charge is 0.226 e. The Balaban J connectivity index is 1.50. The van der Waals surface area contributed by atoms with Crippen LogP contribution in [0.25, 0.3) is 0 Å². The maximum Gasteiger partial charge on any atom is 0.226 e. The van der Waals surface area contributed by atoms with Crippen molar-refractivity contribution in [3.05, 3.63) is 84.3 Å². The highest BCUT2D eigenvalue weighted by atomic mass is 32.1. The van der Waals surface area contributed by atoms with Gasteiger partial charge in [-0.3, -0.25) is 9.78 Å². The standard InChI is InChI=1S/C21H19FN4O2S/c22-14-6-1-2-7-15(14)24-18(27)10-12-26-20(17-9-5-13-28-17)19(25-21(26)29)16-8-3-4-11-23-16/h1-9,11,13,19-20H,10,12H2,(H,24,27)(H,25,29)/t19-,20-/m1/s1. The number of benzene rings is 1. The molecule has 6 nitrogen and oxygen atoms in total. The van der Waals surface area contributed by atoms with Crippen LogP contribution in [0.15, 0.2) is 71.5 Å². The van der Waals surface area contributed by atoms with E-state index in [9.17, 15) is 9.18 Å². The van der Waals surface area contributed by atoms with Crippen molar-refractivity contribution < 1.29 is 13.6 Å². The predicted molar refractivity (Wildman–Crippen MR) is 111 cm³/mol. The van der Waals surface area contributed by atoms with Gasteiger partial charge in [0.25, 0.3) is 0 Å². The lowest BCUT2D eigenvalue weighted by Crippen LogP contribution is -2.32. The summed E-state index contributed by atoms with van der Waals surface area (Å²) in [5.74, 6) is -0.0391. The number of carbonyl (C=O) groups is 1. The number of hydrogen-bond donors (Lipinski definition) is 2. The van der Waals surface area contributed by atoms with Gasteiger partial charge in [0.1, 0.15) is 17.6 Å². The Morgan fingerprint density at radius 1 is 1.21 bits per heavy atom. The average Bonchev–Trinajstić information content (AvgIpc) is 3.36. The first-order valence-corrected chi connectivity index (χ1v) is 9.60. The van der Waals surface area contributed by atoms with E-state index in [0.29, 0.717) is 11.7 Å². The molecule has 3 heterocycles. The quantitative estimate of drug-likeness (QED) is 0.602. The molecule has 4 rings (SSSR count). The highest BCUT2D eigenvalue weighted by Gasteiger charge is 2.41. The Morgan fingerprint density at radius 3 is 2.76 bits per heavy atom. The molecule has 1 fully saturated rings. The third kappa shape index (κ3) is 4.12. The van der Waals surface area contributed by atoms with Crippen LogP contribution in [-0.4, -0.2) is 27.4 Å². The zero-order valence-electron chi connectivity index (χ0n) is 15.4. The summed E-state index contributed by atoms with van der Waals surface area (Å²) in [4.78, 5) is 18.7. The number of para-hydroxylation sites is 1. The molecule has 0 spiro atoms. The molecule has 2 N–H and O–H groups in total. The van der Waals surface area contributed by atoms with E-state index in [-0.39, 0.29) is 30.1 Å². The molecule has 2 atom stereocenters. The van der Waals surface area contributed by atoms with Crippen LogP contribution in [-0.2, 0) is 4.79 Å². The minimum absolute atomic E-state index is 0.141. The molecule has 0 radical (unpaired) electrons. The molecule has 3 aromatic rings. The summed E-state index contributed by atoms with van der Waals surface area (Å²) in [5, 5.41) is 6.40. The molecule has 2 aromatic heterocycles. The number of anilines is 1. The molecular weight excluding hydrogens is 391 g/mol. The largest absolute Gasteiger partial charge is 0.467 e. The van der Waals surface area contributed by atoms with Gasteiger partial charge in [0.15, 0.2) is 5.11 Å². The van der Waals surface area contributed by atoms with Crippen LogP contribution in [0.1, 0.15) is 30.0 Å². The fourth-order valence-electron chi connectivity index (χ4n) is 3.41. The van der Waals surface area contributed by atoms with Crippen molar-refractivity contribution in [3.63, 3.8) is 0 Å². The van der Waals surface area contributed by atoms with Crippen LogP contribution in [0, 0.1) is 5.82 Å². The van der Waals surface area contributed by atoms with Gasteiger partial charge in [0, 0.05) is 19.2 Å². The lowest BCUT2D eigenvalue weighted by Gasteiger charge is -2.25. The van der Waals surface area contributed by atoms with Crippen molar-refractivity contribution in [1.29, 1.82) is 0 Å². The van der Waals surface area contributed by atoms with Crippen molar-refractivity contribution in [2.24, 2.45) is 0 Å². The second kappa shape index (κ2) is 8.40. The molecule has 29 heavy (non-hydrogen) atoms. The third-order valence-corrected chi connectivity index (χ3v) is 5.11. The average molecular weight is 410 g/mol. The molecule has 1 amide bonds. The number of aromatic nitrogens is 1. The summed E-state index contributed by atoms with van der Waals surface area (Å²) in [7, 11) is 0. The molecule has 1 aliphatic rings. The van der Waals surface area contributed by atoms with Gasteiger partial charge >= 0.3 is 0 Å². The van der Waals surface area contributed by atoms with E-state index in [1.807, 2.05) is 35.2 Å². The SMILES string of the molecule is O=C(CCN1C(=S)N[C@H](c2ccccn2)[C@H]1c1ccco1)Nc1ccccc1F. The Kier molecular flexibility index (Phi) is 5.53. The first kappa shape index (κ1) is 19.1. The molecular formula is C21H19FN4O2S. The normalized spacial score (nSPS) is 18.5. The molecule has 0 aliphatic carbocycles. The number of halogens is 1. The Bertz CT molecular complexity index is 997. The fourth-order valence-corrected chi connectivity index (χ4v) is 3.74. The highest BCUT2D eigenvalue weighted by Crippen LogP contribution is 2.38. The number of amides is 1. The number of thiocarbonyl (C=S) groups is 1. The molecule has 0 saturated carbocycles. The second-order valence-electron chi connectivity index (χ2n) is 6.61. The summed E-state index contributed by atoms with van der Waals surface area (Å²) in [6.45, 7) is 0.348. The Hall–Kier alpha value is -3.26. The van der Waals surface area contributed by atoms with Gasteiger partial charge in [-0.2, -0.15) is 0 Å². The minimum atomic E-state index is -0.470. The molecule has 0 bridgehead atoms. The number of carbonyl (C=O) groups excluding carboxylic acids is 1. The summed E-state index contributed by atoms with van der Waals surface area (Å²) in [6.07, 6.45) is 3.47. The van der Waals surface area contributed by atoms with Crippen LogP contribution in [0.4, 0.5) is 10.1 Å². The fraction of sp³-hybridized carbons (Fsp3) is 0.190. The molecule has 1 aliphatic heterocycles. The Labute approximate surface area is 172 Å². The van der Waals surface area contributed by atoms with Gasteiger partial charge in [-0.25, -0.2) is 4.39 Å². The molecule has 148 valence electrons. The molecule has 1 saturated heterocycles. The van der Waals surface area contributed by atoms with E-state index < -0.39 is 5.82 Å². The van der Waals surface area contributed by atoms with E-state index in [0.717, 1.165) is 11.5 Å². The third-order valence-electron chi connectivity index (χ3n) is 4.76. The van der Waals surface area contributed by atoms with E-state index in [1.165, 1.54) is 12.1 Å². The lowest BCUT2D eigenvalue weighted by atomic mass is 10.0.